The normalized spacial score (nSPS) is 11.1. The number of benzene rings is 1. The van der Waals surface area contributed by atoms with Crippen LogP contribution in [0.2, 0.25) is 0 Å². The van der Waals surface area contributed by atoms with E-state index in [-0.39, 0.29) is 16.1 Å². The zero-order valence-electron chi connectivity index (χ0n) is 8.90. The molecule has 0 unspecified atom stereocenters. The van der Waals surface area contributed by atoms with Gasteiger partial charge in [-0.1, -0.05) is 5.16 Å². The minimum Gasteiger partial charge on any atom is -0.478 e. The Morgan fingerprint density at radius 1 is 1.28 bits per heavy atom. The summed E-state index contributed by atoms with van der Waals surface area (Å²) in [5, 5.41) is 12.1. The first-order chi connectivity index (χ1) is 8.49. The number of nitrogens with one attached hydrogen (secondary N) is 1. The fraction of sp³-hybridized carbons (Fsp3) is 0. The van der Waals surface area contributed by atoms with Gasteiger partial charge in [0.25, 0.3) is 10.0 Å². The maximum absolute atomic E-state index is 11.9. The summed E-state index contributed by atoms with van der Waals surface area (Å²) in [6.45, 7) is 0. The van der Waals surface area contributed by atoms with Gasteiger partial charge in [0.2, 0.25) is 0 Å². The third kappa shape index (κ3) is 2.48. The first kappa shape index (κ1) is 12.1. The van der Waals surface area contributed by atoms with Crippen molar-refractivity contribution in [1.29, 1.82) is 0 Å². The van der Waals surface area contributed by atoms with Crippen LogP contribution in [0.25, 0.3) is 0 Å². The highest BCUT2D eigenvalue weighted by molar-refractivity contribution is 7.92. The molecular weight excluding hydrogens is 260 g/mol. The van der Waals surface area contributed by atoms with E-state index in [9.17, 15) is 13.2 Å². The fourth-order valence-electron chi connectivity index (χ4n) is 1.25. The molecule has 0 amide bonds. The highest BCUT2D eigenvalue weighted by atomic mass is 32.2. The molecular formula is C10H8N2O5S. The van der Waals surface area contributed by atoms with Crippen LogP contribution >= 0.6 is 0 Å². The Labute approximate surface area is 102 Å². The molecule has 94 valence electrons. The molecule has 1 heterocycles. The van der Waals surface area contributed by atoms with Gasteiger partial charge < -0.3 is 9.63 Å². The van der Waals surface area contributed by atoms with Crippen molar-refractivity contribution in [3.8, 4) is 0 Å². The standard InChI is InChI=1S/C10H8N2O5S/c13-10(14)7-1-3-9(4-2-7)18(15,16)12-8-5-11-17-6-8/h1-6,12H,(H,13,14). The summed E-state index contributed by atoms with van der Waals surface area (Å²) in [5.41, 5.74) is 0.205. The summed E-state index contributed by atoms with van der Waals surface area (Å²) < 4.78 is 30.4. The number of carboxylic acid groups (broad SMARTS) is 1. The average Bonchev–Trinajstić information content (AvgIpc) is 2.81. The molecule has 1 aromatic heterocycles. The van der Waals surface area contributed by atoms with Crippen molar-refractivity contribution in [2.24, 2.45) is 0 Å². The van der Waals surface area contributed by atoms with E-state index in [0.717, 1.165) is 6.26 Å². The Kier molecular flexibility index (Phi) is 3.02. The second kappa shape index (κ2) is 4.49. The number of anilines is 1. The molecule has 1 aromatic carbocycles. The van der Waals surface area contributed by atoms with Crippen molar-refractivity contribution in [1.82, 2.24) is 5.16 Å². The quantitative estimate of drug-likeness (QED) is 0.861. The van der Waals surface area contributed by atoms with E-state index in [1.165, 1.54) is 30.5 Å². The van der Waals surface area contributed by atoms with Crippen molar-refractivity contribution in [2.45, 2.75) is 4.90 Å². The molecule has 0 fully saturated rings. The van der Waals surface area contributed by atoms with Crippen LogP contribution in [0, 0.1) is 0 Å². The van der Waals surface area contributed by atoms with Gasteiger partial charge in [-0.05, 0) is 24.3 Å². The monoisotopic (exact) mass is 268 g/mol. The highest BCUT2D eigenvalue weighted by Crippen LogP contribution is 2.15. The Morgan fingerprint density at radius 2 is 1.94 bits per heavy atom. The maximum atomic E-state index is 11.9. The second-order valence-electron chi connectivity index (χ2n) is 3.35. The number of carbonyl (C=O) groups is 1. The third-order valence-electron chi connectivity index (χ3n) is 2.10. The molecule has 0 bridgehead atoms. The van der Waals surface area contributed by atoms with Gasteiger partial charge in [0, 0.05) is 0 Å². The second-order valence-corrected chi connectivity index (χ2v) is 5.03. The molecule has 7 nitrogen and oxygen atoms in total. The topological polar surface area (TPSA) is 110 Å². The average molecular weight is 268 g/mol. The number of aromatic nitrogens is 1. The van der Waals surface area contributed by atoms with Crippen LogP contribution in [0.1, 0.15) is 10.4 Å². The number of carboxylic acids is 1. The summed E-state index contributed by atoms with van der Waals surface area (Å²) in [4.78, 5) is 10.6. The summed E-state index contributed by atoms with van der Waals surface area (Å²) in [6, 6.07) is 4.84. The molecule has 0 aliphatic heterocycles. The number of sulfonamides is 1. The van der Waals surface area contributed by atoms with E-state index in [1.54, 1.807) is 0 Å². The van der Waals surface area contributed by atoms with E-state index in [4.69, 9.17) is 5.11 Å². The predicted octanol–water partition coefficient (Wildman–Crippen LogP) is 1.17. The minimum absolute atomic E-state index is 0.0129. The lowest BCUT2D eigenvalue weighted by Gasteiger charge is -2.05. The van der Waals surface area contributed by atoms with Gasteiger partial charge in [-0.25, -0.2) is 13.2 Å². The molecule has 0 saturated carbocycles. The Hall–Kier alpha value is -2.35. The number of aromatic carboxylic acids is 1. The lowest BCUT2D eigenvalue weighted by molar-refractivity contribution is 0.0697. The summed E-state index contributed by atoms with van der Waals surface area (Å²) in [7, 11) is -3.77. The maximum Gasteiger partial charge on any atom is 0.335 e. The summed E-state index contributed by atoms with van der Waals surface area (Å²) in [6.07, 6.45) is 2.35. The Morgan fingerprint density at radius 3 is 2.44 bits per heavy atom. The highest BCUT2D eigenvalue weighted by Gasteiger charge is 2.15. The molecule has 18 heavy (non-hydrogen) atoms. The lowest BCUT2D eigenvalue weighted by atomic mass is 10.2. The van der Waals surface area contributed by atoms with E-state index in [2.05, 4.69) is 14.4 Å². The molecule has 0 aliphatic rings. The molecule has 0 aliphatic carbocycles. The molecule has 2 aromatic rings. The van der Waals surface area contributed by atoms with Crippen molar-refractivity contribution >= 4 is 21.7 Å². The van der Waals surface area contributed by atoms with Crippen LogP contribution in [-0.4, -0.2) is 24.7 Å². The largest absolute Gasteiger partial charge is 0.478 e. The summed E-state index contributed by atoms with van der Waals surface area (Å²) >= 11 is 0. The smallest absolute Gasteiger partial charge is 0.335 e. The van der Waals surface area contributed by atoms with Crippen LogP contribution in [0.5, 0.6) is 0 Å². The zero-order chi connectivity index (χ0) is 13.2. The molecule has 8 heteroatoms. The van der Waals surface area contributed by atoms with Crippen LogP contribution in [0.15, 0.2) is 46.1 Å². The SMILES string of the molecule is O=C(O)c1ccc(S(=O)(=O)Nc2cnoc2)cc1. The first-order valence-electron chi connectivity index (χ1n) is 4.74. The van der Waals surface area contributed by atoms with E-state index >= 15 is 0 Å². The van der Waals surface area contributed by atoms with Gasteiger partial charge in [0.1, 0.15) is 12.0 Å². The summed E-state index contributed by atoms with van der Waals surface area (Å²) in [5.74, 6) is -1.12. The van der Waals surface area contributed by atoms with Gasteiger partial charge in [0.05, 0.1) is 16.7 Å². The van der Waals surface area contributed by atoms with Crippen LogP contribution in [0.4, 0.5) is 5.69 Å². The first-order valence-corrected chi connectivity index (χ1v) is 6.23. The molecule has 0 saturated heterocycles. The predicted molar refractivity (Wildman–Crippen MR) is 60.7 cm³/mol. The zero-order valence-corrected chi connectivity index (χ0v) is 9.72. The van der Waals surface area contributed by atoms with Crippen LogP contribution < -0.4 is 4.72 Å². The lowest BCUT2D eigenvalue weighted by Crippen LogP contribution is -2.12. The van der Waals surface area contributed by atoms with Gasteiger partial charge in [-0.15, -0.1) is 0 Å². The molecule has 0 atom stereocenters. The fourth-order valence-corrected chi connectivity index (χ4v) is 2.27. The van der Waals surface area contributed by atoms with Gasteiger partial charge >= 0.3 is 5.97 Å². The molecule has 0 radical (unpaired) electrons. The van der Waals surface area contributed by atoms with Crippen molar-refractivity contribution < 1.29 is 22.8 Å². The van der Waals surface area contributed by atoms with E-state index < -0.39 is 16.0 Å². The van der Waals surface area contributed by atoms with E-state index in [1.807, 2.05) is 0 Å². The molecule has 0 spiro atoms. The molecule has 2 N–H and O–H groups in total. The van der Waals surface area contributed by atoms with Crippen molar-refractivity contribution in [3.63, 3.8) is 0 Å². The Bertz CT molecular complexity index is 646. The Balaban J connectivity index is 2.27. The molecule has 2 rings (SSSR count). The van der Waals surface area contributed by atoms with Gasteiger partial charge in [0.15, 0.2) is 0 Å². The number of nitrogens with zero attached hydrogens (tertiary/aromatic N) is 1. The van der Waals surface area contributed by atoms with Crippen molar-refractivity contribution in [2.75, 3.05) is 4.72 Å². The van der Waals surface area contributed by atoms with E-state index in [0.29, 0.717) is 0 Å². The van der Waals surface area contributed by atoms with Crippen LogP contribution in [0.3, 0.4) is 0 Å². The van der Waals surface area contributed by atoms with Crippen LogP contribution in [-0.2, 0) is 10.0 Å². The van der Waals surface area contributed by atoms with Gasteiger partial charge in [-0.2, -0.15) is 0 Å². The third-order valence-corrected chi connectivity index (χ3v) is 3.49. The van der Waals surface area contributed by atoms with Crippen molar-refractivity contribution in [3.05, 3.63) is 42.3 Å². The van der Waals surface area contributed by atoms with Gasteiger partial charge in [-0.3, -0.25) is 4.72 Å². The number of hydrogen-bond donors (Lipinski definition) is 2. The number of rotatable bonds is 4. The minimum atomic E-state index is -3.77. The number of hydrogen-bond acceptors (Lipinski definition) is 5.